The van der Waals surface area contributed by atoms with Crippen molar-refractivity contribution in [3.63, 3.8) is 0 Å². The number of carbonyl (C=O) groups is 2. The SMILES string of the molecule is C[C@@H](NC(=O)N1CCN(Cc2ccccc2)CC1)C(=O)Nc1nc2c(s1)CCC2. The Morgan fingerprint density at radius 2 is 1.90 bits per heavy atom. The number of hydrogen-bond donors (Lipinski definition) is 2. The minimum atomic E-state index is -0.608. The van der Waals surface area contributed by atoms with Crippen LogP contribution in [-0.4, -0.2) is 58.9 Å². The molecule has 0 unspecified atom stereocenters. The molecule has 2 heterocycles. The van der Waals surface area contributed by atoms with Crippen molar-refractivity contribution in [2.45, 2.75) is 38.8 Å². The minimum absolute atomic E-state index is 0.186. The van der Waals surface area contributed by atoms with Gasteiger partial charge in [-0.1, -0.05) is 30.3 Å². The fourth-order valence-electron chi connectivity index (χ4n) is 3.75. The van der Waals surface area contributed by atoms with Crippen LogP contribution in [0, 0.1) is 0 Å². The van der Waals surface area contributed by atoms with E-state index in [1.165, 1.54) is 10.4 Å². The molecule has 2 aromatic rings. The van der Waals surface area contributed by atoms with Crippen molar-refractivity contribution in [3.8, 4) is 0 Å². The quantitative estimate of drug-likeness (QED) is 0.790. The highest BCUT2D eigenvalue weighted by molar-refractivity contribution is 7.15. The molecule has 4 rings (SSSR count). The summed E-state index contributed by atoms with van der Waals surface area (Å²) in [6, 6.07) is 9.56. The predicted octanol–water partition coefficient (Wildman–Crippen LogP) is 2.49. The summed E-state index contributed by atoms with van der Waals surface area (Å²) in [7, 11) is 0. The number of urea groups is 1. The fraction of sp³-hybridized carbons (Fsp3) is 0.476. The smallest absolute Gasteiger partial charge is 0.318 e. The average Bonchev–Trinajstić information content (AvgIpc) is 3.31. The number of aryl methyl sites for hydroxylation is 2. The van der Waals surface area contributed by atoms with Crippen molar-refractivity contribution in [1.29, 1.82) is 0 Å². The van der Waals surface area contributed by atoms with Crippen LogP contribution in [0.15, 0.2) is 30.3 Å². The first kappa shape index (κ1) is 19.8. The Balaban J connectivity index is 1.22. The van der Waals surface area contributed by atoms with Gasteiger partial charge in [-0.15, -0.1) is 11.3 Å². The lowest BCUT2D eigenvalue weighted by atomic mass is 10.2. The first-order valence-electron chi connectivity index (χ1n) is 10.2. The van der Waals surface area contributed by atoms with Crippen LogP contribution in [0.5, 0.6) is 0 Å². The van der Waals surface area contributed by atoms with Gasteiger partial charge in [0, 0.05) is 37.6 Å². The summed E-state index contributed by atoms with van der Waals surface area (Å²) in [5.41, 5.74) is 2.39. The van der Waals surface area contributed by atoms with E-state index in [0.29, 0.717) is 18.2 Å². The van der Waals surface area contributed by atoms with Gasteiger partial charge in [0.25, 0.3) is 0 Å². The zero-order chi connectivity index (χ0) is 20.2. The number of nitrogens with zero attached hydrogens (tertiary/aromatic N) is 3. The summed E-state index contributed by atoms with van der Waals surface area (Å²) in [6.45, 7) is 5.58. The zero-order valence-corrected chi connectivity index (χ0v) is 17.5. The van der Waals surface area contributed by atoms with Gasteiger partial charge in [-0.05, 0) is 31.7 Å². The number of carbonyl (C=O) groups excluding carboxylic acids is 2. The third kappa shape index (κ3) is 4.94. The standard InChI is InChI=1S/C21H27N5O2S/c1-15(19(27)24-20-23-17-8-5-9-18(17)29-20)22-21(28)26-12-10-25(11-13-26)14-16-6-3-2-4-7-16/h2-4,6-7,15H,5,8-14H2,1H3,(H,22,28)(H,23,24,27)/t15-/m1/s1. The molecule has 1 aliphatic heterocycles. The fourth-order valence-corrected chi connectivity index (χ4v) is 4.80. The first-order valence-corrected chi connectivity index (χ1v) is 11.0. The van der Waals surface area contributed by atoms with Crippen LogP contribution in [0.25, 0.3) is 0 Å². The van der Waals surface area contributed by atoms with E-state index in [4.69, 9.17) is 0 Å². The Kier molecular flexibility index (Phi) is 6.10. The van der Waals surface area contributed by atoms with Crippen molar-refractivity contribution >= 4 is 28.4 Å². The molecule has 1 atom stereocenters. The lowest BCUT2D eigenvalue weighted by molar-refractivity contribution is -0.117. The molecule has 29 heavy (non-hydrogen) atoms. The van der Waals surface area contributed by atoms with E-state index < -0.39 is 6.04 Å². The molecule has 1 aromatic carbocycles. The van der Waals surface area contributed by atoms with Crippen LogP contribution in [0.4, 0.5) is 9.93 Å². The van der Waals surface area contributed by atoms with Gasteiger partial charge in [0.05, 0.1) is 5.69 Å². The molecule has 1 aromatic heterocycles. The number of rotatable bonds is 5. The Hall–Kier alpha value is -2.45. The van der Waals surface area contributed by atoms with Crippen LogP contribution < -0.4 is 10.6 Å². The van der Waals surface area contributed by atoms with E-state index in [1.54, 1.807) is 23.2 Å². The zero-order valence-electron chi connectivity index (χ0n) is 16.7. The third-order valence-electron chi connectivity index (χ3n) is 5.47. The molecule has 2 aliphatic rings. The lowest BCUT2D eigenvalue weighted by Gasteiger charge is -2.35. The molecule has 154 valence electrons. The van der Waals surface area contributed by atoms with E-state index in [-0.39, 0.29) is 11.9 Å². The molecule has 0 saturated carbocycles. The van der Waals surface area contributed by atoms with Crippen LogP contribution in [0.3, 0.4) is 0 Å². The molecule has 0 bridgehead atoms. The van der Waals surface area contributed by atoms with Crippen LogP contribution in [-0.2, 0) is 24.2 Å². The second-order valence-corrected chi connectivity index (χ2v) is 8.74. The number of anilines is 1. The molecular weight excluding hydrogens is 386 g/mol. The maximum atomic E-state index is 12.5. The van der Waals surface area contributed by atoms with Gasteiger partial charge >= 0.3 is 6.03 Å². The average molecular weight is 414 g/mol. The molecule has 8 heteroatoms. The second kappa shape index (κ2) is 8.92. The van der Waals surface area contributed by atoms with Gasteiger partial charge in [-0.3, -0.25) is 9.69 Å². The Morgan fingerprint density at radius 1 is 1.14 bits per heavy atom. The second-order valence-electron chi connectivity index (χ2n) is 7.65. The van der Waals surface area contributed by atoms with Crippen molar-refractivity contribution in [2.75, 3.05) is 31.5 Å². The molecule has 7 nitrogen and oxygen atoms in total. The summed E-state index contributed by atoms with van der Waals surface area (Å²) in [5, 5.41) is 6.29. The largest absolute Gasteiger partial charge is 0.326 e. The van der Waals surface area contributed by atoms with Crippen LogP contribution in [0.1, 0.15) is 29.5 Å². The number of piperazine rings is 1. The van der Waals surface area contributed by atoms with E-state index in [2.05, 4.69) is 32.7 Å². The minimum Gasteiger partial charge on any atom is -0.326 e. The Labute approximate surface area is 175 Å². The molecule has 1 fully saturated rings. The lowest BCUT2D eigenvalue weighted by Crippen LogP contribution is -2.54. The third-order valence-corrected chi connectivity index (χ3v) is 6.54. The van der Waals surface area contributed by atoms with Crippen molar-refractivity contribution in [1.82, 2.24) is 20.1 Å². The Morgan fingerprint density at radius 3 is 2.62 bits per heavy atom. The maximum absolute atomic E-state index is 12.5. The van der Waals surface area contributed by atoms with E-state index in [0.717, 1.165) is 44.6 Å². The van der Waals surface area contributed by atoms with E-state index in [1.807, 2.05) is 18.2 Å². The Bertz CT molecular complexity index is 840. The summed E-state index contributed by atoms with van der Waals surface area (Å²) in [4.78, 5) is 34.9. The number of fused-ring (bicyclic) bond motifs is 1. The number of aromatic nitrogens is 1. The molecule has 1 aliphatic carbocycles. The molecule has 1 saturated heterocycles. The number of hydrogen-bond acceptors (Lipinski definition) is 5. The molecule has 0 radical (unpaired) electrons. The summed E-state index contributed by atoms with van der Waals surface area (Å²) in [6.07, 6.45) is 3.18. The summed E-state index contributed by atoms with van der Waals surface area (Å²) < 4.78 is 0. The molecular formula is C21H27N5O2S. The highest BCUT2D eigenvalue weighted by atomic mass is 32.1. The summed E-state index contributed by atoms with van der Waals surface area (Å²) >= 11 is 1.54. The normalized spacial score (nSPS) is 17.6. The number of nitrogens with one attached hydrogen (secondary N) is 2. The number of amides is 3. The van der Waals surface area contributed by atoms with Gasteiger partial charge in [0.2, 0.25) is 5.91 Å². The predicted molar refractivity (Wildman–Crippen MR) is 114 cm³/mol. The molecule has 2 N–H and O–H groups in total. The summed E-state index contributed by atoms with van der Waals surface area (Å²) in [5.74, 6) is -0.228. The molecule has 0 spiro atoms. The highest BCUT2D eigenvalue weighted by Crippen LogP contribution is 2.30. The van der Waals surface area contributed by atoms with Gasteiger partial charge in [0.1, 0.15) is 6.04 Å². The molecule has 3 amide bonds. The van der Waals surface area contributed by atoms with Crippen molar-refractivity contribution in [2.24, 2.45) is 0 Å². The van der Waals surface area contributed by atoms with Gasteiger partial charge in [-0.2, -0.15) is 0 Å². The topological polar surface area (TPSA) is 77.6 Å². The van der Waals surface area contributed by atoms with Crippen LogP contribution >= 0.6 is 11.3 Å². The highest BCUT2D eigenvalue weighted by Gasteiger charge is 2.25. The van der Waals surface area contributed by atoms with Gasteiger partial charge < -0.3 is 15.5 Å². The first-order chi connectivity index (χ1) is 14.1. The van der Waals surface area contributed by atoms with E-state index >= 15 is 0 Å². The monoisotopic (exact) mass is 413 g/mol. The number of benzene rings is 1. The number of thiazole rings is 1. The van der Waals surface area contributed by atoms with Gasteiger partial charge in [0.15, 0.2) is 5.13 Å². The van der Waals surface area contributed by atoms with Gasteiger partial charge in [-0.25, -0.2) is 9.78 Å². The van der Waals surface area contributed by atoms with Crippen molar-refractivity contribution in [3.05, 3.63) is 46.5 Å². The maximum Gasteiger partial charge on any atom is 0.318 e. The van der Waals surface area contributed by atoms with Crippen LogP contribution in [0.2, 0.25) is 0 Å². The van der Waals surface area contributed by atoms with Crippen molar-refractivity contribution < 1.29 is 9.59 Å². The van der Waals surface area contributed by atoms with E-state index in [9.17, 15) is 9.59 Å².